The fraction of sp³-hybridized carbons (Fsp3) is 0.333. The lowest BCUT2D eigenvalue weighted by molar-refractivity contribution is -0.137. The van der Waals surface area contributed by atoms with Gasteiger partial charge in [0.15, 0.2) is 0 Å². The number of nitrogens with one attached hydrogen (secondary N) is 1. The van der Waals surface area contributed by atoms with Crippen LogP contribution in [-0.4, -0.2) is 32.2 Å². The van der Waals surface area contributed by atoms with E-state index < -0.39 is 11.7 Å². The van der Waals surface area contributed by atoms with Crippen LogP contribution in [0.5, 0.6) is 0 Å². The lowest BCUT2D eigenvalue weighted by atomic mass is 10.1. The van der Waals surface area contributed by atoms with E-state index in [0.29, 0.717) is 35.4 Å². The summed E-state index contributed by atoms with van der Waals surface area (Å²) >= 11 is 1.14. The normalized spacial score (nSPS) is 11.5. The number of aryl methyl sites for hydroxylation is 3. The fourth-order valence-electron chi connectivity index (χ4n) is 2.87. The van der Waals surface area contributed by atoms with Gasteiger partial charge in [-0.2, -0.15) is 13.2 Å². The van der Waals surface area contributed by atoms with Crippen molar-refractivity contribution >= 4 is 17.7 Å². The average Bonchev–Trinajstić information content (AvgIpc) is 3.09. The molecular weight excluding hydrogens is 427 g/mol. The van der Waals surface area contributed by atoms with Gasteiger partial charge in [0, 0.05) is 31.8 Å². The zero-order valence-corrected chi connectivity index (χ0v) is 18.1. The zero-order chi connectivity index (χ0) is 22.6. The lowest BCUT2D eigenvalue weighted by Gasteiger charge is -2.12. The highest BCUT2D eigenvalue weighted by Gasteiger charge is 2.30. The minimum Gasteiger partial charge on any atom is -0.356 e. The molecule has 10 heteroatoms. The van der Waals surface area contributed by atoms with Crippen molar-refractivity contribution < 1.29 is 18.0 Å². The van der Waals surface area contributed by atoms with Gasteiger partial charge in [-0.3, -0.25) is 9.36 Å². The predicted molar refractivity (Wildman–Crippen MR) is 111 cm³/mol. The third-order valence-corrected chi connectivity index (χ3v) is 5.56. The highest BCUT2D eigenvalue weighted by Crippen LogP contribution is 2.32. The van der Waals surface area contributed by atoms with E-state index in [0.717, 1.165) is 40.8 Å². The number of nitrogens with zero attached hydrogens (tertiary/aromatic N) is 4. The molecule has 2 heterocycles. The Bertz CT molecular complexity index is 1060. The Hall–Kier alpha value is -2.88. The van der Waals surface area contributed by atoms with Crippen LogP contribution in [0, 0.1) is 13.8 Å². The third-order valence-electron chi connectivity index (χ3n) is 4.66. The van der Waals surface area contributed by atoms with Gasteiger partial charge >= 0.3 is 6.18 Å². The second kappa shape index (κ2) is 9.51. The molecule has 0 atom stereocenters. The first-order valence-electron chi connectivity index (χ1n) is 9.62. The number of aromatic nitrogens is 4. The van der Waals surface area contributed by atoms with Gasteiger partial charge in [-0.25, -0.2) is 4.98 Å². The van der Waals surface area contributed by atoms with Crippen molar-refractivity contribution in [2.45, 2.75) is 50.0 Å². The molecule has 6 nitrogen and oxygen atoms in total. The van der Waals surface area contributed by atoms with E-state index in [2.05, 4.69) is 20.5 Å². The molecule has 0 radical (unpaired) electrons. The Morgan fingerprint density at radius 2 is 1.90 bits per heavy atom. The van der Waals surface area contributed by atoms with E-state index in [1.165, 1.54) is 13.0 Å². The molecule has 1 aromatic carbocycles. The molecule has 3 aromatic rings. The summed E-state index contributed by atoms with van der Waals surface area (Å²) in [5.74, 6) is 0.600. The molecule has 0 aliphatic rings. The fourth-order valence-corrected chi connectivity index (χ4v) is 3.68. The van der Waals surface area contributed by atoms with E-state index in [1.54, 1.807) is 0 Å². The molecule has 0 saturated heterocycles. The van der Waals surface area contributed by atoms with Crippen LogP contribution in [0.2, 0.25) is 0 Å². The summed E-state index contributed by atoms with van der Waals surface area (Å²) < 4.78 is 40.3. The highest BCUT2D eigenvalue weighted by molar-refractivity contribution is 7.99. The van der Waals surface area contributed by atoms with Gasteiger partial charge in [-0.05, 0) is 67.4 Å². The number of benzene rings is 1. The molecule has 0 bridgehead atoms. The highest BCUT2D eigenvalue weighted by atomic mass is 32.2. The van der Waals surface area contributed by atoms with Crippen molar-refractivity contribution in [2.75, 3.05) is 6.54 Å². The first-order chi connectivity index (χ1) is 14.6. The summed E-state index contributed by atoms with van der Waals surface area (Å²) in [5, 5.41) is 12.2. The molecule has 31 heavy (non-hydrogen) atoms. The van der Waals surface area contributed by atoms with E-state index in [-0.39, 0.29) is 5.91 Å². The summed E-state index contributed by atoms with van der Waals surface area (Å²) in [5.41, 5.74) is 2.30. The molecule has 3 rings (SSSR count). The minimum absolute atomic E-state index is 0.0970. The monoisotopic (exact) mass is 449 g/mol. The van der Waals surface area contributed by atoms with E-state index in [1.807, 2.05) is 36.6 Å². The standard InChI is InChI=1S/C21H22F3N5OS/c1-13-6-8-17(11-14(13)2)29-18(5-4-10-25-15(3)30)27-28-20(29)31-19-9-7-16(12-26-19)21(22,23)24/h6-9,11-12H,4-5,10H2,1-3H3,(H,25,30). The van der Waals surface area contributed by atoms with Crippen molar-refractivity contribution in [3.8, 4) is 5.69 Å². The van der Waals surface area contributed by atoms with Crippen LogP contribution in [0.15, 0.2) is 46.7 Å². The maximum Gasteiger partial charge on any atom is 0.417 e. The summed E-state index contributed by atoms with van der Waals surface area (Å²) in [7, 11) is 0. The average molecular weight is 450 g/mol. The largest absolute Gasteiger partial charge is 0.417 e. The van der Waals surface area contributed by atoms with Gasteiger partial charge in [0.25, 0.3) is 0 Å². The van der Waals surface area contributed by atoms with Crippen LogP contribution < -0.4 is 5.32 Å². The van der Waals surface area contributed by atoms with Crippen LogP contribution >= 0.6 is 11.8 Å². The smallest absolute Gasteiger partial charge is 0.356 e. The Morgan fingerprint density at radius 3 is 2.52 bits per heavy atom. The second-order valence-corrected chi connectivity index (χ2v) is 8.06. The predicted octanol–water partition coefficient (Wildman–Crippen LogP) is 4.52. The van der Waals surface area contributed by atoms with Crippen molar-refractivity contribution in [1.29, 1.82) is 0 Å². The van der Waals surface area contributed by atoms with Crippen LogP contribution in [0.1, 0.15) is 35.9 Å². The van der Waals surface area contributed by atoms with Crippen molar-refractivity contribution in [3.05, 3.63) is 59.0 Å². The number of hydrogen-bond donors (Lipinski definition) is 1. The number of amides is 1. The molecule has 1 N–H and O–H groups in total. The van der Waals surface area contributed by atoms with Gasteiger partial charge < -0.3 is 5.32 Å². The number of halogens is 3. The van der Waals surface area contributed by atoms with E-state index in [4.69, 9.17) is 0 Å². The number of alkyl halides is 3. The van der Waals surface area contributed by atoms with Crippen LogP contribution in [0.3, 0.4) is 0 Å². The summed E-state index contributed by atoms with van der Waals surface area (Å²) in [6.07, 6.45) is -2.38. The van der Waals surface area contributed by atoms with Crippen molar-refractivity contribution in [3.63, 3.8) is 0 Å². The molecule has 1 amide bonds. The van der Waals surface area contributed by atoms with Crippen molar-refractivity contribution in [2.24, 2.45) is 0 Å². The van der Waals surface area contributed by atoms with Crippen LogP contribution in [-0.2, 0) is 17.4 Å². The molecule has 0 fully saturated rings. The molecule has 0 aliphatic heterocycles. The zero-order valence-electron chi connectivity index (χ0n) is 17.3. The molecule has 2 aromatic heterocycles. The first-order valence-corrected chi connectivity index (χ1v) is 10.4. The SMILES string of the molecule is CC(=O)NCCCc1nnc(Sc2ccc(C(F)(F)F)cn2)n1-c1ccc(C)c(C)c1. The van der Waals surface area contributed by atoms with Gasteiger partial charge in [0.1, 0.15) is 10.9 Å². The summed E-state index contributed by atoms with van der Waals surface area (Å²) in [6.45, 7) is 5.99. The number of pyridine rings is 1. The van der Waals surface area contributed by atoms with E-state index >= 15 is 0 Å². The topological polar surface area (TPSA) is 72.7 Å². The lowest BCUT2D eigenvalue weighted by Crippen LogP contribution is -2.21. The van der Waals surface area contributed by atoms with Gasteiger partial charge in [0.2, 0.25) is 11.1 Å². The second-order valence-electron chi connectivity index (χ2n) is 7.07. The quantitative estimate of drug-likeness (QED) is 0.537. The number of rotatable bonds is 7. The number of carbonyl (C=O) groups is 1. The van der Waals surface area contributed by atoms with Gasteiger partial charge in [-0.15, -0.1) is 10.2 Å². The summed E-state index contributed by atoms with van der Waals surface area (Å²) in [6, 6.07) is 8.29. The minimum atomic E-state index is -4.43. The maximum absolute atomic E-state index is 12.8. The summed E-state index contributed by atoms with van der Waals surface area (Å²) in [4.78, 5) is 15.0. The van der Waals surface area contributed by atoms with Crippen LogP contribution in [0.4, 0.5) is 13.2 Å². The Morgan fingerprint density at radius 1 is 1.13 bits per heavy atom. The molecule has 0 aliphatic carbocycles. The van der Waals surface area contributed by atoms with Crippen molar-refractivity contribution in [1.82, 2.24) is 25.1 Å². The molecule has 164 valence electrons. The number of carbonyl (C=O) groups excluding carboxylic acids is 1. The first kappa shape index (κ1) is 22.8. The number of hydrogen-bond acceptors (Lipinski definition) is 5. The maximum atomic E-state index is 12.8. The van der Waals surface area contributed by atoms with E-state index in [9.17, 15) is 18.0 Å². The van der Waals surface area contributed by atoms with Gasteiger partial charge in [-0.1, -0.05) is 6.07 Å². The molecule has 0 unspecified atom stereocenters. The molecule has 0 spiro atoms. The molecule has 0 saturated carbocycles. The Kier molecular flexibility index (Phi) is 6.99. The van der Waals surface area contributed by atoms with Crippen LogP contribution in [0.25, 0.3) is 5.69 Å². The Labute approximate surface area is 182 Å². The third kappa shape index (κ3) is 5.84. The molecular formula is C21H22F3N5OS. The van der Waals surface area contributed by atoms with Gasteiger partial charge in [0.05, 0.1) is 5.56 Å². The Balaban J connectivity index is 1.90.